The molecular weight excluding hydrogens is 250 g/mol. The molecule has 4 heteroatoms. The maximum Gasteiger partial charge on any atom is 0.242 e. The predicted octanol–water partition coefficient (Wildman–Crippen LogP) is 2.03. The Morgan fingerprint density at radius 2 is 1.90 bits per heavy atom. The summed E-state index contributed by atoms with van der Waals surface area (Å²) in [5.74, 6) is 0.0924. The van der Waals surface area contributed by atoms with Crippen LogP contribution in [0.15, 0.2) is 24.3 Å². The zero-order valence-electron chi connectivity index (χ0n) is 12.6. The predicted molar refractivity (Wildman–Crippen MR) is 82.6 cm³/mol. The van der Waals surface area contributed by atoms with Crippen LogP contribution in [0.2, 0.25) is 0 Å². The second-order valence-corrected chi connectivity index (χ2v) is 5.85. The lowest BCUT2D eigenvalue weighted by molar-refractivity contribution is -0.122. The number of hydrogen-bond donors (Lipinski definition) is 2. The van der Waals surface area contributed by atoms with Gasteiger partial charge in [0, 0.05) is 24.3 Å². The van der Waals surface area contributed by atoms with Gasteiger partial charge in [-0.25, -0.2) is 0 Å². The molecule has 0 bridgehead atoms. The van der Waals surface area contributed by atoms with E-state index in [1.54, 1.807) is 0 Å². The smallest absolute Gasteiger partial charge is 0.242 e. The largest absolute Gasteiger partial charge is 0.357 e. The van der Waals surface area contributed by atoms with E-state index >= 15 is 0 Å². The highest BCUT2D eigenvalue weighted by atomic mass is 16.2. The molecule has 1 saturated carbocycles. The minimum Gasteiger partial charge on any atom is -0.357 e. The number of amides is 1. The lowest BCUT2D eigenvalue weighted by atomic mass is 10.1. The first-order valence-corrected chi connectivity index (χ1v) is 7.40. The van der Waals surface area contributed by atoms with Gasteiger partial charge in [0.1, 0.15) is 6.04 Å². The average molecular weight is 275 g/mol. The molecule has 0 spiro atoms. The van der Waals surface area contributed by atoms with E-state index in [2.05, 4.69) is 22.3 Å². The number of hydrogen-bond acceptors (Lipinski definition) is 3. The van der Waals surface area contributed by atoms with Gasteiger partial charge in [0.2, 0.25) is 5.91 Å². The molecule has 110 valence electrons. The Kier molecular flexibility index (Phi) is 4.65. The highest BCUT2D eigenvalue weighted by Crippen LogP contribution is 2.33. The third kappa shape index (κ3) is 3.51. The van der Waals surface area contributed by atoms with Crippen molar-refractivity contribution >= 4 is 11.6 Å². The van der Waals surface area contributed by atoms with Crippen LogP contribution in [-0.2, 0) is 11.3 Å². The standard InChI is InChI=1S/C16H25N3O/c1-11(2)18-16(20)12(3)19(15-8-9-15)14-6-4-13(10-17)5-7-14/h4-7,11-12,15H,8-10,17H2,1-3H3,(H,18,20). The fourth-order valence-electron chi connectivity index (χ4n) is 2.44. The summed E-state index contributed by atoms with van der Waals surface area (Å²) in [5.41, 5.74) is 7.86. The number of nitrogens with one attached hydrogen (secondary N) is 1. The monoisotopic (exact) mass is 275 g/mol. The Morgan fingerprint density at radius 1 is 1.30 bits per heavy atom. The number of nitrogens with zero attached hydrogens (tertiary/aromatic N) is 1. The van der Waals surface area contributed by atoms with Crippen molar-refractivity contribution in [2.75, 3.05) is 4.90 Å². The summed E-state index contributed by atoms with van der Waals surface area (Å²) in [5, 5.41) is 3.00. The van der Waals surface area contributed by atoms with E-state index in [0.29, 0.717) is 12.6 Å². The van der Waals surface area contributed by atoms with Crippen LogP contribution in [0.3, 0.4) is 0 Å². The highest BCUT2D eigenvalue weighted by molar-refractivity contribution is 5.85. The molecule has 1 fully saturated rings. The summed E-state index contributed by atoms with van der Waals surface area (Å²) in [6, 6.07) is 8.74. The van der Waals surface area contributed by atoms with Crippen molar-refractivity contribution in [1.82, 2.24) is 5.32 Å². The molecule has 1 amide bonds. The summed E-state index contributed by atoms with van der Waals surface area (Å²) in [6.07, 6.45) is 2.33. The van der Waals surface area contributed by atoms with Gasteiger partial charge in [-0.2, -0.15) is 0 Å². The van der Waals surface area contributed by atoms with Crippen molar-refractivity contribution in [3.8, 4) is 0 Å². The fraction of sp³-hybridized carbons (Fsp3) is 0.562. The molecule has 3 N–H and O–H groups in total. The maximum absolute atomic E-state index is 12.3. The van der Waals surface area contributed by atoms with E-state index in [-0.39, 0.29) is 18.0 Å². The molecule has 1 aliphatic rings. The molecule has 2 rings (SSSR count). The normalized spacial score (nSPS) is 16.1. The molecule has 1 aromatic rings. The number of carbonyl (C=O) groups excluding carboxylic acids is 1. The maximum atomic E-state index is 12.3. The number of anilines is 1. The van der Waals surface area contributed by atoms with Gasteiger partial charge in [-0.1, -0.05) is 12.1 Å². The molecule has 4 nitrogen and oxygen atoms in total. The van der Waals surface area contributed by atoms with E-state index in [0.717, 1.165) is 24.1 Å². The first-order chi connectivity index (χ1) is 9.52. The third-order valence-electron chi connectivity index (χ3n) is 3.64. The van der Waals surface area contributed by atoms with Crippen LogP contribution in [0.1, 0.15) is 39.2 Å². The molecule has 0 heterocycles. The van der Waals surface area contributed by atoms with E-state index in [1.807, 2.05) is 32.9 Å². The van der Waals surface area contributed by atoms with Crippen LogP contribution in [0.5, 0.6) is 0 Å². The second kappa shape index (κ2) is 6.27. The van der Waals surface area contributed by atoms with Gasteiger partial charge in [0.25, 0.3) is 0 Å². The Morgan fingerprint density at radius 3 is 2.35 bits per heavy atom. The van der Waals surface area contributed by atoms with E-state index < -0.39 is 0 Å². The average Bonchev–Trinajstić information content (AvgIpc) is 3.23. The summed E-state index contributed by atoms with van der Waals surface area (Å²) in [4.78, 5) is 14.5. The fourth-order valence-corrected chi connectivity index (χ4v) is 2.44. The minimum absolute atomic E-state index is 0.0924. The van der Waals surface area contributed by atoms with Crippen LogP contribution in [0.4, 0.5) is 5.69 Å². The van der Waals surface area contributed by atoms with Gasteiger partial charge in [0.15, 0.2) is 0 Å². The highest BCUT2D eigenvalue weighted by Gasteiger charge is 2.35. The molecule has 1 aliphatic carbocycles. The summed E-state index contributed by atoms with van der Waals surface area (Å²) in [7, 11) is 0. The molecule has 1 unspecified atom stereocenters. The Hall–Kier alpha value is -1.55. The van der Waals surface area contributed by atoms with Gasteiger partial charge in [-0.05, 0) is 51.3 Å². The Labute approximate surface area is 121 Å². The van der Waals surface area contributed by atoms with E-state index in [9.17, 15) is 4.79 Å². The topological polar surface area (TPSA) is 58.4 Å². The van der Waals surface area contributed by atoms with Gasteiger partial charge in [0.05, 0.1) is 0 Å². The van der Waals surface area contributed by atoms with Crippen molar-refractivity contribution in [3.05, 3.63) is 29.8 Å². The Bertz CT molecular complexity index is 451. The second-order valence-electron chi connectivity index (χ2n) is 5.85. The van der Waals surface area contributed by atoms with Gasteiger partial charge >= 0.3 is 0 Å². The van der Waals surface area contributed by atoms with E-state index in [4.69, 9.17) is 5.73 Å². The zero-order chi connectivity index (χ0) is 14.7. The first kappa shape index (κ1) is 14.9. The number of rotatable bonds is 6. The molecule has 0 saturated heterocycles. The molecular formula is C16H25N3O. The third-order valence-corrected chi connectivity index (χ3v) is 3.64. The van der Waals surface area contributed by atoms with Crippen LogP contribution in [0, 0.1) is 0 Å². The molecule has 1 aromatic carbocycles. The molecule has 0 radical (unpaired) electrons. The lowest BCUT2D eigenvalue weighted by Crippen LogP contribution is -2.48. The molecule has 1 atom stereocenters. The van der Waals surface area contributed by atoms with Crippen molar-refractivity contribution < 1.29 is 4.79 Å². The number of nitrogens with two attached hydrogens (primary N) is 1. The van der Waals surface area contributed by atoms with Crippen LogP contribution in [0.25, 0.3) is 0 Å². The SMILES string of the molecule is CC(C)NC(=O)C(C)N(c1ccc(CN)cc1)C1CC1. The molecule has 20 heavy (non-hydrogen) atoms. The van der Waals surface area contributed by atoms with Crippen LogP contribution in [-0.4, -0.2) is 24.0 Å². The quantitative estimate of drug-likeness (QED) is 0.835. The van der Waals surface area contributed by atoms with E-state index in [1.165, 1.54) is 0 Å². The summed E-state index contributed by atoms with van der Waals surface area (Å²) >= 11 is 0. The minimum atomic E-state index is -0.145. The summed E-state index contributed by atoms with van der Waals surface area (Å²) in [6.45, 7) is 6.50. The molecule has 0 aliphatic heterocycles. The van der Waals surface area contributed by atoms with Gasteiger partial charge in [-0.15, -0.1) is 0 Å². The Balaban J connectivity index is 2.15. The van der Waals surface area contributed by atoms with Crippen molar-refractivity contribution in [3.63, 3.8) is 0 Å². The van der Waals surface area contributed by atoms with Crippen LogP contribution >= 0.6 is 0 Å². The van der Waals surface area contributed by atoms with Crippen molar-refractivity contribution in [2.45, 2.75) is 58.3 Å². The number of benzene rings is 1. The zero-order valence-corrected chi connectivity index (χ0v) is 12.6. The van der Waals surface area contributed by atoms with Gasteiger partial charge < -0.3 is 16.0 Å². The number of carbonyl (C=O) groups is 1. The van der Waals surface area contributed by atoms with Crippen LogP contribution < -0.4 is 16.0 Å². The van der Waals surface area contributed by atoms with Gasteiger partial charge in [-0.3, -0.25) is 4.79 Å². The lowest BCUT2D eigenvalue weighted by Gasteiger charge is -2.31. The molecule has 0 aromatic heterocycles. The van der Waals surface area contributed by atoms with Crippen molar-refractivity contribution in [2.24, 2.45) is 5.73 Å². The van der Waals surface area contributed by atoms with Crippen molar-refractivity contribution in [1.29, 1.82) is 0 Å². The first-order valence-electron chi connectivity index (χ1n) is 7.40. The summed E-state index contributed by atoms with van der Waals surface area (Å²) < 4.78 is 0.